The van der Waals surface area contributed by atoms with Crippen molar-refractivity contribution in [2.24, 2.45) is 5.73 Å². The fourth-order valence-electron chi connectivity index (χ4n) is 1.59. The van der Waals surface area contributed by atoms with Crippen molar-refractivity contribution < 1.29 is 9.09 Å². The Morgan fingerprint density at radius 1 is 1.50 bits per heavy atom. The van der Waals surface area contributed by atoms with Gasteiger partial charge in [0.2, 0.25) is 0 Å². The molecule has 0 bridgehead atoms. The van der Waals surface area contributed by atoms with E-state index in [-0.39, 0.29) is 6.04 Å². The fraction of sp³-hybridized carbons (Fsp3) is 1.00. The number of nitrogens with zero attached hydrogens (tertiary/aromatic N) is 1. The predicted octanol–water partition coefficient (Wildman–Crippen LogP) is 1.66. The SMILES string of the molecule is CCCOP(C)(=O)N1CCC(N)CC1. The summed E-state index contributed by atoms with van der Waals surface area (Å²) in [5, 5.41) is 0. The van der Waals surface area contributed by atoms with Crippen LogP contribution in [0.5, 0.6) is 0 Å². The van der Waals surface area contributed by atoms with Crippen LogP contribution in [0, 0.1) is 0 Å². The summed E-state index contributed by atoms with van der Waals surface area (Å²) in [5.74, 6) is 0. The predicted molar refractivity (Wildman–Crippen MR) is 58.6 cm³/mol. The molecule has 0 aliphatic carbocycles. The maximum absolute atomic E-state index is 12.1. The van der Waals surface area contributed by atoms with Crippen molar-refractivity contribution in [3.8, 4) is 0 Å². The van der Waals surface area contributed by atoms with E-state index in [4.69, 9.17) is 10.3 Å². The van der Waals surface area contributed by atoms with E-state index in [2.05, 4.69) is 0 Å². The van der Waals surface area contributed by atoms with Gasteiger partial charge in [-0.1, -0.05) is 6.92 Å². The summed E-state index contributed by atoms with van der Waals surface area (Å²) in [6, 6.07) is 0.275. The van der Waals surface area contributed by atoms with E-state index >= 15 is 0 Å². The molecule has 1 heterocycles. The van der Waals surface area contributed by atoms with Gasteiger partial charge < -0.3 is 10.3 Å². The molecule has 1 atom stereocenters. The molecule has 84 valence electrons. The highest BCUT2D eigenvalue weighted by atomic mass is 31.2. The Hall–Kier alpha value is 0.110. The standard InChI is InChI=1S/C9H21N2O2P/c1-3-8-13-14(2,12)11-6-4-9(10)5-7-11/h9H,3-8,10H2,1-2H3. The van der Waals surface area contributed by atoms with Crippen LogP contribution in [0.3, 0.4) is 0 Å². The molecule has 0 aromatic rings. The lowest BCUT2D eigenvalue weighted by molar-refractivity contribution is 0.237. The maximum Gasteiger partial charge on any atom is 0.269 e. The first-order valence-electron chi connectivity index (χ1n) is 5.29. The molecule has 1 aliphatic heterocycles. The second-order valence-electron chi connectivity index (χ2n) is 3.93. The molecule has 0 spiro atoms. The monoisotopic (exact) mass is 220 g/mol. The minimum absolute atomic E-state index is 0.275. The van der Waals surface area contributed by atoms with Crippen LogP contribution in [0.4, 0.5) is 0 Å². The van der Waals surface area contributed by atoms with Gasteiger partial charge in [0.1, 0.15) is 0 Å². The van der Waals surface area contributed by atoms with Crippen molar-refractivity contribution in [1.29, 1.82) is 0 Å². The minimum atomic E-state index is -2.53. The summed E-state index contributed by atoms with van der Waals surface area (Å²) >= 11 is 0. The first-order valence-corrected chi connectivity index (χ1v) is 7.32. The largest absolute Gasteiger partial charge is 0.328 e. The smallest absolute Gasteiger partial charge is 0.269 e. The number of hydrogen-bond donors (Lipinski definition) is 1. The van der Waals surface area contributed by atoms with E-state index in [1.165, 1.54) is 0 Å². The van der Waals surface area contributed by atoms with Crippen LogP contribution >= 0.6 is 7.52 Å². The van der Waals surface area contributed by atoms with E-state index in [1.807, 2.05) is 11.6 Å². The molecule has 1 aliphatic rings. The molecule has 1 unspecified atom stereocenters. The molecule has 4 nitrogen and oxygen atoms in total. The third-order valence-electron chi connectivity index (χ3n) is 2.56. The van der Waals surface area contributed by atoms with Gasteiger partial charge in [0.25, 0.3) is 7.52 Å². The normalized spacial score (nSPS) is 24.8. The molecule has 1 rings (SSSR count). The quantitative estimate of drug-likeness (QED) is 0.732. The Balaban J connectivity index is 2.42. The number of hydrogen-bond acceptors (Lipinski definition) is 3. The lowest BCUT2D eigenvalue weighted by Crippen LogP contribution is -2.38. The Morgan fingerprint density at radius 2 is 2.07 bits per heavy atom. The summed E-state index contributed by atoms with van der Waals surface area (Å²) in [4.78, 5) is 0. The van der Waals surface area contributed by atoms with Crippen LogP contribution in [-0.2, 0) is 9.09 Å². The number of nitrogens with two attached hydrogens (primary N) is 1. The van der Waals surface area contributed by atoms with E-state index in [0.29, 0.717) is 6.61 Å². The average Bonchev–Trinajstić information content (AvgIpc) is 2.16. The lowest BCUT2D eigenvalue weighted by Gasteiger charge is -2.33. The van der Waals surface area contributed by atoms with Crippen molar-refractivity contribution in [3.63, 3.8) is 0 Å². The van der Waals surface area contributed by atoms with Gasteiger partial charge in [0.05, 0.1) is 6.61 Å². The molecule has 0 aromatic heterocycles. The highest BCUT2D eigenvalue weighted by Gasteiger charge is 2.29. The first kappa shape index (κ1) is 12.2. The highest BCUT2D eigenvalue weighted by Crippen LogP contribution is 2.48. The second-order valence-corrected chi connectivity index (χ2v) is 6.36. The zero-order valence-electron chi connectivity index (χ0n) is 9.11. The summed E-state index contributed by atoms with van der Waals surface area (Å²) in [6.45, 7) is 5.92. The van der Waals surface area contributed by atoms with Crippen LogP contribution < -0.4 is 5.73 Å². The molecule has 14 heavy (non-hydrogen) atoms. The van der Waals surface area contributed by atoms with Crippen LogP contribution in [0.15, 0.2) is 0 Å². The van der Waals surface area contributed by atoms with Gasteiger partial charge in [-0.2, -0.15) is 0 Å². The second kappa shape index (κ2) is 5.26. The molecule has 0 aromatic carbocycles. The Bertz CT molecular complexity index is 215. The Kier molecular flexibility index (Phi) is 4.58. The minimum Gasteiger partial charge on any atom is -0.328 e. The first-order chi connectivity index (χ1) is 6.56. The molecule has 0 amide bonds. The summed E-state index contributed by atoms with van der Waals surface area (Å²) in [7, 11) is -2.53. The Morgan fingerprint density at radius 3 is 2.57 bits per heavy atom. The van der Waals surface area contributed by atoms with Crippen LogP contribution in [0.1, 0.15) is 26.2 Å². The zero-order valence-corrected chi connectivity index (χ0v) is 10.0. The van der Waals surface area contributed by atoms with Gasteiger partial charge in [0, 0.05) is 25.8 Å². The average molecular weight is 220 g/mol. The van der Waals surface area contributed by atoms with Crippen molar-refractivity contribution in [2.75, 3.05) is 26.4 Å². The zero-order chi connectivity index (χ0) is 10.6. The molecule has 1 saturated heterocycles. The molecule has 0 saturated carbocycles. The Labute approximate surface area is 86.3 Å². The number of piperidine rings is 1. The van der Waals surface area contributed by atoms with Crippen molar-refractivity contribution in [1.82, 2.24) is 4.67 Å². The van der Waals surface area contributed by atoms with Gasteiger partial charge >= 0.3 is 0 Å². The summed E-state index contributed by atoms with van der Waals surface area (Å²) < 4.78 is 19.4. The lowest BCUT2D eigenvalue weighted by atomic mass is 10.1. The van der Waals surface area contributed by atoms with Crippen LogP contribution in [-0.4, -0.2) is 37.1 Å². The van der Waals surface area contributed by atoms with Gasteiger partial charge in [-0.15, -0.1) is 0 Å². The summed E-state index contributed by atoms with van der Waals surface area (Å²) in [6.07, 6.45) is 2.76. The third kappa shape index (κ3) is 3.35. The van der Waals surface area contributed by atoms with E-state index in [9.17, 15) is 4.57 Å². The fourth-order valence-corrected chi connectivity index (χ4v) is 3.23. The van der Waals surface area contributed by atoms with Crippen molar-refractivity contribution in [2.45, 2.75) is 32.2 Å². The molecular weight excluding hydrogens is 199 g/mol. The summed E-state index contributed by atoms with van der Waals surface area (Å²) in [5.41, 5.74) is 5.78. The topological polar surface area (TPSA) is 55.6 Å². The molecule has 0 radical (unpaired) electrons. The van der Waals surface area contributed by atoms with Crippen molar-refractivity contribution in [3.05, 3.63) is 0 Å². The maximum atomic E-state index is 12.1. The molecule has 5 heteroatoms. The van der Waals surface area contributed by atoms with Gasteiger partial charge in [0.15, 0.2) is 0 Å². The van der Waals surface area contributed by atoms with Crippen molar-refractivity contribution >= 4 is 7.52 Å². The molecular formula is C9H21N2O2P. The van der Waals surface area contributed by atoms with Gasteiger partial charge in [-0.3, -0.25) is 4.57 Å². The van der Waals surface area contributed by atoms with Gasteiger partial charge in [-0.25, -0.2) is 4.67 Å². The van der Waals surface area contributed by atoms with Gasteiger partial charge in [-0.05, 0) is 19.3 Å². The van der Waals surface area contributed by atoms with Crippen LogP contribution in [0.25, 0.3) is 0 Å². The van der Waals surface area contributed by atoms with Crippen LogP contribution in [0.2, 0.25) is 0 Å². The highest BCUT2D eigenvalue weighted by molar-refractivity contribution is 7.55. The number of rotatable bonds is 4. The van der Waals surface area contributed by atoms with E-state index < -0.39 is 7.52 Å². The molecule has 1 fully saturated rings. The van der Waals surface area contributed by atoms with E-state index in [1.54, 1.807) is 6.66 Å². The van der Waals surface area contributed by atoms with E-state index in [0.717, 1.165) is 32.4 Å². The molecule has 2 N–H and O–H groups in total. The third-order valence-corrected chi connectivity index (χ3v) is 4.65.